The quantitative estimate of drug-likeness (QED) is 0.426. The SMILES string of the molecule is Cc1ccc(S(=O)(=O)CCC(=O)OCc2ccc([N+](=O)[O-])cc2)cc1. The van der Waals surface area contributed by atoms with Crippen LogP contribution in [0.1, 0.15) is 17.5 Å². The van der Waals surface area contributed by atoms with Crippen LogP contribution in [-0.2, 0) is 26.0 Å². The van der Waals surface area contributed by atoms with Crippen molar-refractivity contribution in [1.82, 2.24) is 0 Å². The lowest BCUT2D eigenvalue weighted by Gasteiger charge is -2.06. The second kappa shape index (κ2) is 7.89. The molecule has 0 aromatic heterocycles. The highest BCUT2D eigenvalue weighted by Crippen LogP contribution is 2.15. The van der Waals surface area contributed by atoms with Crippen LogP contribution in [0.2, 0.25) is 0 Å². The fraction of sp³-hybridized carbons (Fsp3) is 0.235. The van der Waals surface area contributed by atoms with Crippen LogP contribution in [0.25, 0.3) is 0 Å². The molecule has 0 amide bonds. The number of sulfone groups is 1. The summed E-state index contributed by atoms with van der Waals surface area (Å²) in [5.74, 6) is -0.983. The third kappa shape index (κ3) is 5.39. The number of carbonyl (C=O) groups is 1. The molecule has 0 bridgehead atoms. The van der Waals surface area contributed by atoms with Gasteiger partial charge in [0.2, 0.25) is 0 Å². The number of aryl methyl sites for hydroxylation is 1. The highest BCUT2D eigenvalue weighted by molar-refractivity contribution is 7.91. The zero-order chi connectivity index (χ0) is 18.4. The van der Waals surface area contributed by atoms with Gasteiger partial charge in [-0.3, -0.25) is 14.9 Å². The highest BCUT2D eigenvalue weighted by Gasteiger charge is 2.17. The van der Waals surface area contributed by atoms with Crippen molar-refractivity contribution < 1.29 is 22.9 Å². The Morgan fingerprint density at radius 1 is 1.08 bits per heavy atom. The molecule has 0 spiro atoms. The van der Waals surface area contributed by atoms with Crippen LogP contribution in [-0.4, -0.2) is 25.1 Å². The van der Waals surface area contributed by atoms with E-state index in [1.807, 2.05) is 6.92 Å². The van der Waals surface area contributed by atoms with Crippen LogP contribution in [0.3, 0.4) is 0 Å². The molecule has 2 rings (SSSR count). The maximum absolute atomic E-state index is 12.2. The molecule has 2 aromatic rings. The summed E-state index contributed by atoms with van der Waals surface area (Å²) in [6, 6.07) is 12.0. The second-order valence-electron chi connectivity index (χ2n) is 5.47. The van der Waals surface area contributed by atoms with Crippen molar-refractivity contribution in [3.63, 3.8) is 0 Å². The van der Waals surface area contributed by atoms with Crippen molar-refractivity contribution in [3.8, 4) is 0 Å². The van der Waals surface area contributed by atoms with Crippen molar-refractivity contribution >= 4 is 21.5 Å². The standard InChI is InChI=1S/C17H17NO6S/c1-13-2-8-16(9-3-13)25(22,23)11-10-17(19)24-12-14-4-6-15(7-5-14)18(20)21/h2-9H,10-12H2,1H3. The van der Waals surface area contributed by atoms with E-state index >= 15 is 0 Å². The normalized spacial score (nSPS) is 11.1. The Morgan fingerprint density at radius 2 is 1.68 bits per heavy atom. The lowest BCUT2D eigenvalue weighted by atomic mass is 10.2. The Morgan fingerprint density at radius 3 is 2.24 bits per heavy atom. The lowest BCUT2D eigenvalue weighted by molar-refractivity contribution is -0.384. The molecule has 8 heteroatoms. The van der Waals surface area contributed by atoms with Gasteiger partial charge in [0.1, 0.15) is 6.61 Å². The van der Waals surface area contributed by atoms with E-state index in [1.54, 1.807) is 12.1 Å². The van der Waals surface area contributed by atoms with E-state index in [0.29, 0.717) is 5.56 Å². The van der Waals surface area contributed by atoms with Crippen molar-refractivity contribution in [2.75, 3.05) is 5.75 Å². The van der Waals surface area contributed by atoms with Crippen LogP contribution >= 0.6 is 0 Å². The topological polar surface area (TPSA) is 104 Å². The number of hydrogen-bond acceptors (Lipinski definition) is 6. The van der Waals surface area contributed by atoms with E-state index in [9.17, 15) is 23.3 Å². The molecule has 0 unspecified atom stereocenters. The Hall–Kier alpha value is -2.74. The van der Waals surface area contributed by atoms with E-state index in [-0.39, 0.29) is 29.4 Å². The zero-order valence-electron chi connectivity index (χ0n) is 13.5. The molecular weight excluding hydrogens is 346 g/mol. The summed E-state index contributed by atoms with van der Waals surface area (Å²) in [5.41, 5.74) is 1.47. The molecular formula is C17H17NO6S. The number of esters is 1. The summed E-state index contributed by atoms with van der Waals surface area (Å²) in [6.07, 6.45) is -0.261. The molecule has 0 N–H and O–H groups in total. The molecule has 132 valence electrons. The van der Waals surface area contributed by atoms with Gasteiger partial charge in [0.25, 0.3) is 5.69 Å². The molecule has 0 saturated carbocycles. The minimum absolute atomic E-state index is 0.0562. The van der Waals surface area contributed by atoms with Crippen LogP contribution in [0.15, 0.2) is 53.4 Å². The van der Waals surface area contributed by atoms with Crippen LogP contribution < -0.4 is 0 Å². The molecule has 0 heterocycles. The minimum Gasteiger partial charge on any atom is -0.461 e. The summed E-state index contributed by atoms with van der Waals surface area (Å²) in [6.45, 7) is 1.79. The Bertz CT molecular complexity index is 857. The second-order valence-corrected chi connectivity index (χ2v) is 7.58. The minimum atomic E-state index is -3.55. The van der Waals surface area contributed by atoms with E-state index in [0.717, 1.165) is 5.56 Å². The van der Waals surface area contributed by atoms with Gasteiger partial charge in [0, 0.05) is 12.1 Å². The summed E-state index contributed by atoms with van der Waals surface area (Å²) in [7, 11) is -3.55. The molecule has 0 aliphatic carbocycles. The van der Waals surface area contributed by atoms with Crippen molar-refractivity contribution in [3.05, 3.63) is 69.8 Å². The van der Waals surface area contributed by atoms with E-state index in [2.05, 4.69) is 0 Å². The largest absolute Gasteiger partial charge is 0.461 e. The predicted octanol–water partition coefficient (Wildman–Crippen LogP) is 2.81. The number of nitrogens with zero attached hydrogens (tertiary/aromatic N) is 1. The van der Waals surface area contributed by atoms with Gasteiger partial charge in [0.05, 0.1) is 22.0 Å². The number of non-ortho nitro benzene ring substituents is 1. The molecule has 0 aliphatic heterocycles. The summed E-state index contributed by atoms with van der Waals surface area (Å²) >= 11 is 0. The van der Waals surface area contributed by atoms with Crippen LogP contribution in [0.5, 0.6) is 0 Å². The average molecular weight is 363 g/mol. The fourth-order valence-corrected chi connectivity index (χ4v) is 3.25. The highest BCUT2D eigenvalue weighted by atomic mass is 32.2. The first kappa shape index (κ1) is 18.6. The zero-order valence-corrected chi connectivity index (χ0v) is 14.4. The first-order valence-corrected chi connectivity index (χ1v) is 9.11. The van der Waals surface area contributed by atoms with E-state index < -0.39 is 20.7 Å². The van der Waals surface area contributed by atoms with Crippen molar-refractivity contribution in [2.45, 2.75) is 24.8 Å². The summed E-state index contributed by atoms with van der Waals surface area (Å²) in [4.78, 5) is 21.9. The lowest BCUT2D eigenvalue weighted by Crippen LogP contribution is -2.13. The molecule has 25 heavy (non-hydrogen) atoms. The number of carbonyl (C=O) groups excluding carboxylic acids is 1. The Balaban J connectivity index is 1.85. The first-order valence-electron chi connectivity index (χ1n) is 7.46. The van der Waals surface area contributed by atoms with Crippen molar-refractivity contribution in [1.29, 1.82) is 0 Å². The number of benzene rings is 2. The van der Waals surface area contributed by atoms with Gasteiger partial charge in [-0.15, -0.1) is 0 Å². The summed E-state index contributed by atoms with van der Waals surface area (Å²) in [5, 5.41) is 10.6. The third-order valence-corrected chi connectivity index (χ3v) is 5.23. The fourth-order valence-electron chi connectivity index (χ4n) is 2.03. The van der Waals surface area contributed by atoms with Gasteiger partial charge in [-0.2, -0.15) is 0 Å². The number of ether oxygens (including phenoxy) is 1. The maximum Gasteiger partial charge on any atom is 0.307 e. The van der Waals surface area contributed by atoms with Crippen LogP contribution in [0, 0.1) is 17.0 Å². The van der Waals surface area contributed by atoms with E-state index in [1.165, 1.54) is 36.4 Å². The Kier molecular flexibility index (Phi) is 5.87. The molecule has 0 fully saturated rings. The smallest absolute Gasteiger partial charge is 0.307 e. The van der Waals surface area contributed by atoms with Gasteiger partial charge < -0.3 is 4.74 Å². The number of hydrogen-bond donors (Lipinski definition) is 0. The van der Waals surface area contributed by atoms with E-state index in [4.69, 9.17) is 4.74 Å². The average Bonchev–Trinajstić information content (AvgIpc) is 2.59. The van der Waals surface area contributed by atoms with Gasteiger partial charge >= 0.3 is 5.97 Å². The van der Waals surface area contributed by atoms with Gasteiger partial charge in [-0.1, -0.05) is 17.7 Å². The third-order valence-electron chi connectivity index (χ3n) is 3.50. The molecule has 0 atom stereocenters. The van der Waals surface area contributed by atoms with Gasteiger partial charge in [0.15, 0.2) is 9.84 Å². The molecule has 0 saturated heterocycles. The molecule has 2 aromatic carbocycles. The van der Waals surface area contributed by atoms with Crippen molar-refractivity contribution in [2.24, 2.45) is 0 Å². The van der Waals surface area contributed by atoms with Gasteiger partial charge in [-0.05, 0) is 36.8 Å². The van der Waals surface area contributed by atoms with Crippen LogP contribution in [0.4, 0.5) is 5.69 Å². The summed E-state index contributed by atoms with van der Waals surface area (Å²) < 4.78 is 29.3. The first-order chi connectivity index (χ1) is 11.8. The molecule has 7 nitrogen and oxygen atoms in total. The monoisotopic (exact) mass is 363 g/mol. The number of nitro groups is 1. The molecule has 0 radical (unpaired) electrons. The number of rotatable bonds is 7. The Labute approximate surface area is 145 Å². The number of nitro benzene ring substituents is 1. The maximum atomic E-state index is 12.2. The molecule has 0 aliphatic rings. The predicted molar refractivity (Wildman–Crippen MR) is 90.7 cm³/mol. The van der Waals surface area contributed by atoms with Gasteiger partial charge in [-0.25, -0.2) is 8.42 Å².